The lowest BCUT2D eigenvalue weighted by molar-refractivity contribution is 0.439. The summed E-state index contributed by atoms with van der Waals surface area (Å²) in [5.41, 5.74) is 0.806. The number of hydrogen-bond acceptors (Lipinski definition) is 4. The van der Waals surface area contributed by atoms with E-state index in [1.807, 2.05) is 0 Å². The van der Waals surface area contributed by atoms with Crippen molar-refractivity contribution in [1.82, 2.24) is 0 Å². The summed E-state index contributed by atoms with van der Waals surface area (Å²) in [5.74, 6) is -0.112. The van der Waals surface area contributed by atoms with Crippen molar-refractivity contribution in [1.29, 1.82) is 0 Å². The van der Waals surface area contributed by atoms with E-state index < -0.39 is 5.82 Å². The minimum Gasteiger partial charge on any atom is -0.508 e. The zero-order valence-electron chi connectivity index (χ0n) is 13.1. The summed E-state index contributed by atoms with van der Waals surface area (Å²) in [6, 6.07) is 10.9. The molecule has 2 N–H and O–H groups in total. The molecule has 0 atom stereocenters. The van der Waals surface area contributed by atoms with E-state index in [2.05, 4.69) is 4.99 Å². The molecule has 0 aliphatic heterocycles. The van der Waals surface area contributed by atoms with Crippen molar-refractivity contribution >= 4 is 17.8 Å². The Labute approximate surface area is 148 Å². The lowest BCUT2D eigenvalue weighted by Gasteiger charge is -2.11. The molecular formula is C19H15ClFNO3. The van der Waals surface area contributed by atoms with Crippen LogP contribution in [0.5, 0.6) is 11.5 Å². The maximum atomic E-state index is 14.0. The number of halogens is 2. The average molecular weight is 360 g/mol. The molecule has 25 heavy (non-hydrogen) atoms. The molecule has 2 aromatic carbocycles. The normalized spacial score (nSPS) is 11.3. The second-order valence-corrected chi connectivity index (χ2v) is 5.83. The van der Waals surface area contributed by atoms with Gasteiger partial charge in [0, 0.05) is 34.3 Å². The fraction of sp³-hybridized carbons (Fsp3) is 0.105. The molecule has 0 unspecified atom stereocenters. The third kappa shape index (κ3) is 3.83. The van der Waals surface area contributed by atoms with Crippen LogP contribution in [0.4, 0.5) is 4.39 Å². The maximum Gasteiger partial charge on any atom is 0.131 e. The Morgan fingerprint density at radius 2 is 1.92 bits per heavy atom. The largest absolute Gasteiger partial charge is 0.508 e. The quantitative estimate of drug-likeness (QED) is 0.649. The van der Waals surface area contributed by atoms with Crippen LogP contribution in [0.25, 0.3) is 0 Å². The van der Waals surface area contributed by atoms with E-state index in [4.69, 9.17) is 16.0 Å². The molecule has 0 saturated carbocycles. The average Bonchev–Trinajstić information content (AvgIpc) is 3.09. The number of aliphatic imine (C=N–C) groups is 1. The van der Waals surface area contributed by atoms with Crippen molar-refractivity contribution < 1.29 is 19.0 Å². The van der Waals surface area contributed by atoms with Gasteiger partial charge in [0.05, 0.1) is 12.8 Å². The molecule has 0 amide bonds. The van der Waals surface area contributed by atoms with Gasteiger partial charge in [-0.2, -0.15) is 0 Å². The molecule has 1 heterocycles. The van der Waals surface area contributed by atoms with Crippen LogP contribution in [0.3, 0.4) is 0 Å². The number of hydrogen-bond donors (Lipinski definition) is 2. The van der Waals surface area contributed by atoms with E-state index in [-0.39, 0.29) is 34.1 Å². The van der Waals surface area contributed by atoms with Gasteiger partial charge in [0.2, 0.25) is 0 Å². The Morgan fingerprint density at radius 3 is 2.64 bits per heavy atom. The van der Waals surface area contributed by atoms with Crippen LogP contribution in [0.2, 0.25) is 5.02 Å². The monoisotopic (exact) mass is 359 g/mol. The van der Waals surface area contributed by atoms with Gasteiger partial charge in [-0.25, -0.2) is 4.39 Å². The molecule has 4 nitrogen and oxygen atoms in total. The first-order valence-electron chi connectivity index (χ1n) is 7.55. The molecule has 0 aliphatic rings. The summed E-state index contributed by atoms with van der Waals surface area (Å²) in [6.45, 7) is 0.321. The first-order chi connectivity index (χ1) is 12.1. The standard InChI is InChI=1S/C19H15ClFNO3/c20-16-4-1-5-17(21)14(16)9-15-18(23)7-6-12(19(15)24)10-22-11-13-3-2-8-25-13/h1-8,10,23-24H,9,11H2. The van der Waals surface area contributed by atoms with Crippen LogP contribution in [0.15, 0.2) is 58.1 Å². The van der Waals surface area contributed by atoms with E-state index in [0.717, 1.165) is 0 Å². The Bertz CT molecular complexity index is 887. The zero-order chi connectivity index (χ0) is 17.8. The third-order valence-corrected chi connectivity index (χ3v) is 4.12. The molecule has 3 aromatic rings. The van der Waals surface area contributed by atoms with Crippen LogP contribution >= 0.6 is 11.6 Å². The number of phenolic OH excluding ortho intramolecular Hbond substituents is 2. The predicted molar refractivity (Wildman–Crippen MR) is 94.0 cm³/mol. The smallest absolute Gasteiger partial charge is 0.131 e. The number of furan rings is 1. The van der Waals surface area contributed by atoms with Crippen LogP contribution in [0.1, 0.15) is 22.5 Å². The number of nitrogens with zero attached hydrogens (tertiary/aromatic N) is 1. The van der Waals surface area contributed by atoms with Gasteiger partial charge in [0.1, 0.15) is 23.1 Å². The van der Waals surface area contributed by atoms with Gasteiger partial charge in [-0.3, -0.25) is 4.99 Å². The number of aromatic hydroxyl groups is 2. The van der Waals surface area contributed by atoms with Crippen LogP contribution in [-0.4, -0.2) is 16.4 Å². The second-order valence-electron chi connectivity index (χ2n) is 5.43. The Balaban J connectivity index is 1.88. The zero-order valence-corrected chi connectivity index (χ0v) is 13.9. The topological polar surface area (TPSA) is 66.0 Å². The summed E-state index contributed by atoms with van der Waals surface area (Å²) in [6.07, 6.45) is 2.99. The highest BCUT2D eigenvalue weighted by molar-refractivity contribution is 6.31. The summed E-state index contributed by atoms with van der Waals surface area (Å²) in [7, 11) is 0. The molecule has 128 valence electrons. The van der Waals surface area contributed by atoms with Crippen LogP contribution in [0, 0.1) is 5.82 Å². The molecule has 3 rings (SSSR count). The Morgan fingerprint density at radius 1 is 1.08 bits per heavy atom. The van der Waals surface area contributed by atoms with Gasteiger partial charge in [0.25, 0.3) is 0 Å². The first-order valence-corrected chi connectivity index (χ1v) is 7.93. The molecule has 6 heteroatoms. The third-order valence-electron chi connectivity index (χ3n) is 3.76. The van der Waals surface area contributed by atoms with Gasteiger partial charge >= 0.3 is 0 Å². The van der Waals surface area contributed by atoms with Gasteiger partial charge < -0.3 is 14.6 Å². The highest BCUT2D eigenvalue weighted by Gasteiger charge is 2.16. The Hall–Kier alpha value is -2.79. The van der Waals surface area contributed by atoms with Crippen molar-refractivity contribution in [3.63, 3.8) is 0 Å². The van der Waals surface area contributed by atoms with E-state index >= 15 is 0 Å². The minimum absolute atomic E-state index is 0.0387. The van der Waals surface area contributed by atoms with Gasteiger partial charge in [-0.1, -0.05) is 17.7 Å². The molecule has 1 aromatic heterocycles. The summed E-state index contributed by atoms with van der Waals surface area (Å²) < 4.78 is 19.2. The predicted octanol–water partition coefficient (Wildman–Crippen LogP) is 4.69. The summed E-state index contributed by atoms with van der Waals surface area (Å²) >= 11 is 6.02. The highest BCUT2D eigenvalue weighted by Crippen LogP contribution is 2.34. The molecule has 0 saturated heterocycles. The van der Waals surface area contributed by atoms with Gasteiger partial charge in [-0.05, 0) is 36.4 Å². The molecule has 0 spiro atoms. The van der Waals surface area contributed by atoms with E-state index in [1.54, 1.807) is 24.5 Å². The van der Waals surface area contributed by atoms with Crippen molar-refractivity contribution in [2.75, 3.05) is 0 Å². The lowest BCUT2D eigenvalue weighted by atomic mass is 10.00. The van der Waals surface area contributed by atoms with Crippen molar-refractivity contribution in [2.45, 2.75) is 13.0 Å². The lowest BCUT2D eigenvalue weighted by Crippen LogP contribution is -1.97. The van der Waals surface area contributed by atoms with Crippen LogP contribution < -0.4 is 0 Å². The maximum absolute atomic E-state index is 14.0. The van der Waals surface area contributed by atoms with Gasteiger partial charge in [-0.15, -0.1) is 0 Å². The molecule has 0 aliphatic carbocycles. The number of rotatable bonds is 5. The number of benzene rings is 2. The second kappa shape index (κ2) is 7.40. The highest BCUT2D eigenvalue weighted by atomic mass is 35.5. The van der Waals surface area contributed by atoms with Gasteiger partial charge in [0.15, 0.2) is 0 Å². The first kappa shape index (κ1) is 17.0. The van der Waals surface area contributed by atoms with E-state index in [0.29, 0.717) is 17.9 Å². The van der Waals surface area contributed by atoms with E-state index in [9.17, 15) is 14.6 Å². The molecular weight excluding hydrogens is 345 g/mol. The van der Waals surface area contributed by atoms with E-state index in [1.165, 1.54) is 30.5 Å². The molecule has 0 fully saturated rings. The van der Waals surface area contributed by atoms with Crippen molar-refractivity contribution in [2.24, 2.45) is 4.99 Å². The van der Waals surface area contributed by atoms with Crippen LogP contribution in [-0.2, 0) is 13.0 Å². The fourth-order valence-electron chi connectivity index (χ4n) is 2.44. The summed E-state index contributed by atoms with van der Waals surface area (Å²) in [4.78, 5) is 4.20. The fourth-order valence-corrected chi connectivity index (χ4v) is 2.67. The number of phenols is 2. The Kier molecular flexibility index (Phi) is 5.05. The SMILES string of the molecule is Oc1ccc(C=NCc2ccco2)c(O)c1Cc1c(F)cccc1Cl. The molecule has 0 radical (unpaired) electrons. The summed E-state index contributed by atoms with van der Waals surface area (Å²) in [5, 5.41) is 20.7. The molecule has 0 bridgehead atoms. The van der Waals surface area contributed by atoms with Crippen molar-refractivity contribution in [3.05, 3.63) is 82.0 Å². The van der Waals surface area contributed by atoms with Crippen molar-refractivity contribution in [3.8, 4) is 11.5 Å². The minimum atomic E-state index is -0.497.